The Balaban J connectivity index is 1.59. The first-order valence-corrected chi connectivity index (χ1v) is 8.57. The number of carbonyl (C=O) groups is 1. The van der Waals surface area contributed by atoms with Crippen LogP contribution in [0.15, 0.2) is 24.3 Å². The van der Waals surface area contributed by atoms with Gasteiger partial charge in [-0.2, -0.15) is 0 Å². The van der Waals surface area contributed by atoms with Gasteiger partial charge in [0.05, 0.1) is 5.69 Å². The van der Waals surface area contributed by atoms with Gasteiger partial charge in [0, 0.05) is 0 Å². The number of rotatable bonds is 2. The second kappa shape index (κ2) is 5.97. The molecule has 3 saturated heterocycles. The minimum atomic E-state index is -1.03. The van der Waals surface area contributed by atoms with Gasteiger partial charge in [-0.15, -0.1) is 0 Å². The van der Waals surface area contributed by atoms with Gasteiger partial charge in [0.2, 0.25) is 0 Å². The summed E-state index contributed by atoms with van der Waals surface area (Å²) in [5, 5.41) is 2.55. The van der Waals surface area contributed by atoms with Crippen LogP contribution in [0.5, 0.6) is 0 Å². The lowest BCUT2D eigenvalue weighted by Crippen LogP contribution is -2.58. The second-order valence-corrected chi connectivity index (χ2v) is 7.56. The molecule has 3 aliphatic rings. The summed E-state index contributed by atoms with van der Waals surface area (Å²) >= 11 is 0. The van der Waals surface area contributed by atoms with Crippen molar-refractivity contribution in [3.8, 4) is 0 Å². The van der Waals surface area contributed by atoms with Crippen LogP contribution < -0.4 is 5.32 Å². The summed E-state index contributed by atoms with van der Waals surface area (Å²) in [5.74, 6) is -2.83. The van der Waals surface area contributed by atoms with Crippen molar-refractivity contribution in [2.75, 3.05) is 5.32 Å². The maximum Gasteiger partial charge on any atom is 0.256 e. The third kappa shape index (κ3) is 3.12. The summed E-state index contributed by atoms with van der Waals surface area (Å²) in [6.45, 7) is 7.04. The van der Waals surface area contributed by atoms with Gasteiger partial charge in [-0.1, -0.05) is 12.1 Å². The summed E-state index contributed by atoms with van der Waals surface area (Å²) in [4.78, 5) is 12.8. The summed E-state index contributed by atoms with van der Waals surface area (Å²) in [5.41, 5.74) is 0.0712. The fraction of sp³-hybridized carbons (Fsp3) is 0.611. The summed E-state index contributed by atoms with van der Waals surface area (Å²) < 4.78 is 43.2. The van der Waals surface area contributed by atoms with Crippen LogP contribution in [0, 0.1) is 5.82 Å². The highest BCUT2D eigenvalue weighted by Crippen LogP contribution is 2.44. The Kier molecular flexibility index (Phi) is 4.09. The Morgan fingerprint density at radius 1 is 0.962 bits per heavy atom. The number of anilines is 1. The van der Waals surface area contributed by atoms with Crippen molar-refractivity contribution in [1.29, 1.82) is 0 Å². The molecule has 7 nitrogen and oxygen atoms in total. The predicted octanol–water partition coefficient (Wildman–Crippen LogP) is 2.16. The van der Waals surface area contributed by atoms with E-state index in [1.165, 1.54) is 12.1 Å². The fourth-order valence-electron chi connectivity index (χ4n) is 3.59. The Hall–Kier alpha value is -1.58. The van der Waals surface area contributed by atoms with Crippen LogP contribution in [0.3, 0.4) is 0 Å². The lowest BCUT2D eigenvalue weighted by atomic mass is 9.98. The largest absolute Gasteiger partial charge is 0.342 e. The molecule has 0 bridgehead atoms. The SMILES string of the molecule is CC1(C)O[C@@H]2[C@@H](O1)[C@@H](C(=O)Nc1ccccc1F)O[C@H]1OC(C)(C)O[C@@H]12. The van der Waals surface area contributed by atoms with Crippen LogP contribution in [0.4, 0.5) is 10.1 Å². The molecule has 3 fully saturated rings. The molecule has 0 radical (unpaired) electrons. The van der Waals surface area contributed by atoms with E-state index in [2.05, 4.69) is 5.32 Å². The smallest absolute Gasteiger partial charge is 0.256 e. The van der Waals surface area contributed by atoms with Crippen LogP contribution in [0.1, 0.15) is 27.7 Å². The molecule has 3 aliphatic heterocycles. The van der Waals surface area contributed by atoms with Gasteiger partial charge < -0.3 is 29.0 Å². The Bertz CT molecular complexity index is 723. The molecule has 142 valence electrons. The van der Waals surface area contributed by atoms with Crippen LogP contribution >= 0.6 is 0 Å². The molecule has 4 rings (SSSR count). The zero-order valence-electron chi connectivity index (χ0n) is 15.0. The number of hydrogen-bond acceptors (Lipinski definition) is 6. The van der Waals surface area contributed by atoms with Crippen LogP contribution in [-0.2, 0) is 28.5 Å². The molecule has 1 aromatic carbocycles. The van der Waals surface area contributed by atoms with Crippen molar-refractivity contribution >= 4 is 11.6 Å². The van der Waals surface area contributed by atoms with Gasteiger partial charge in [0.15, 0.2) is 24.0 Å². The number of nitrogens with one attached hydrogen (secondary N) is 1. The van der Waals surface area contributed by atoms with Crippen molar-refractivity contribution < 1.29 is 32.9 Å². The van der Waals surface area contributed by atoms with E-state index in [9.17, 15) is 9.18 Å². The van der Waals surface area contributed by atoms with E-state index < -0.39 is 54.0 Å². The van der Waals surface area contributed by atoms with Crippen LogP contribution in [-0.4, -0.2) is 48.2 Å². The van der Waals surface area contributed by atoms with Crippen LogP contribution in [0.2, 0.25) is 0 Å². The summed E-state index contributed by atoms with van der Waals surface area (Å²) in [6.07, 6.45) is -3.56. The highest BCUT2D eigenvalue weighted by atomic mass is 19.1. The molecule has 0 aromatic heterocycles. The molecule has 8 heteroatoms. The average molecular weight is 367 g/mol. The quantitative estimate of drug-likeness (QED) is 0.863. The molecular weight excluding hydrogens is 345 g/mol. The summed E-state index contributed by atoms with van der Waals surface area (Å²) in [7, 11) is 0. The molecule has 26 heavy (non-hydrogen) atoms. The van der Waals surface area contributed by atoms with E-state index >= 15 is 0 Å². The van der Waals surface area contributed by atoms with Crippen molar-refractivity contribution in [3.63, 3.8) is 0 Å². The van der Waals surface area contributed by atoms with Gasteiger partial charge >= 0.3 is 0 Å². The van der Waals surface area contributed by atoms with Crippen LogP contribution in [0.25, 0.3) is 0 Å². The highest BCUT2D eigenvalue weighted by molar-refractivity contribution is 5.95. The van der Waals surface area contributed by atoms with Crippen molar-refractivity contribution in [2.45, 2.75) is 70.0 Å². The lowest BCUT2D eigenvalue weighted by Gasteiger charge is -2.36. The molecule has 1 aromatic rings. The van der Waals surface area contributed by atoms with E-state index in [0.717, 1.165) is 0 Å². The van der Waals surface area contributed by atoms with Crippen molar-refractivity contribution in [2.24, 2.45) is 0 Å². The highest BCUT2D eigenvalue weighted by Gasteiger charge is 2.62. The number of halogens is 1. The molecule has 0 unspecified atom stereocenters. The first-order valence-electron chi connectivity index (χ1n) is 8.57. The molecule has 3 heterocycles. The van der Waals surface area contributed by atoms with Gasteiger partial charge in [0.25, 0.3) is 5.91 Å². The van der Waals surface area contributed by atoms with Gasteiger partial charge in [-0.05, 0) is 39.8 Å². The molecule has 1 N–H and O–H groups in total. The maximum atomic E-state index is 13.9. The molecule has 1 amide bonds. The first kappa shape index (κ1) is 17.8. The topological polar surface area (TPSA) is 75.3 Å². The lowest BCUT2D eigenvalue weighted by molar-refractivity contribution is -0.229. The van der Waals surface area contributed by atoms with E-state index in [-0.39, 0.29) is 5.69 Å². The van der Waals surface area contributed by atoms with Crippen molar-refractivity contribution in [1.82, 2.24) is 0 Å². The van der Waals surface area contributed by atoms with Gasteiger partial charge in [0.1, 0.15) is 24.1 Å². The summed E-state index contributed by atoms with van der Waals surface area (Å²) in [6, 6.07) is 5.93. The molecule has 0 saturated carbocycles. The maximum absolute atomic E-state index is 13.9. The predicted molar refractivity (Wildman–Crippen MR) is 87.6 cm³/mol. The number of carbonyl (C=O) groups excluding carboxylic acids is 1. The Morgan fingerprint density at radius 2 is 1.58 bits per heavy atom. The number of fused-ring (bicyclic) bond motifs is 3. The number of amides is 1. The number of benzene rings is 1. The fourth-order valence-corrected chi connectivity index (χ4v) is 3.59. The third-order valence-corrected chi connectivity index (χ3v) is 4.54. The molecule has 5 atom stereocenters. The minimum absolute atomic E-state index is 0.0712. The van der Waals surface area contributed by atoms with E-state index in [4.69, 9.17) is 23.7 Å². The Labute approximate surface area is 150 Å². The van der Waals surface area contributed by atoms with Crippen molar-refractivity contribution in [3.05, 3.63) is 30.1 Å². The van der Waals surface area contributed by atoms with E-state index in [1.807, 2.05) is 0 Å². The van der Waals surface area contributed by atoms with E-state index in [1.54, 1.807) is 39.8 Å². The average Bonchev–Trinajstić information content (AvgIpc) is 3.02. The zero-order chi connectivity index (χ0) is 18.7. The van der Waals surface area contributed by atoms with Gasteiger partial charge in [-0.3, -0.25) is 4.79 Å². The standard InChI is InChI=1S/C18H22FNO6/c1-17(2)23-11-12(24-17)14-16(26-18(3,4)25-14)22-13(11)15(21)20-10-8-6-5-7-9(10)19/h5-8,11-14,16H,1-4H3,(H,20,21)/t11-,12-,13+,14-,16+/m1/s1. The monoisotopic (exact) mass is 367 g/mol. The molecular formula is C18H22FNO6. The number of para-hydroxylation sites is 1. The van der Waals surface area contributed by atoms with E-state index in [0.29, 0.717) is 0 Å². The normalized spacial score (nSPS) is 37.0. The minimum Gasteiger partial charge on any atom is -0.342 e. The second-order valence-electron chi connectivity index (χ2n) is 7.56. The molecule has 0 aliphatic carbocycles. The molecule has 0 spiro atoms. The number of ether oxygens (including phenoxy) is 5. The Morgan fingerprint density at radius 3 is 2.31 bits per heavy atom. The van der Waals surface area contributed by atoms with Gasteiger partial charge in [-0.25, -0.2) is 4.39 Å². The first-order chi connectivity index (χ1) is 12.2. The number of hydrogen-bond donors (Lipinski definition) is 1. The zero-order valence-corrected chi connectivity index (χ0v) is 15.0. The third-order valence-electron chi connectivity index (χ3n) is 4.54.